The summed E-state index contributed by atoms with van der Waals surface area (Å²) in [4.78, 5) is 14.9. The molecule has 0 fully saturated rings. The highest BCUT2D eigenvalue weighted by atomic mass is 14.9. The first-order valence-corrected chi connectivity index (χ1v) is 17.6. The third-order valence-corrected chi connectivity index (χ3v) is 10.1. The molecule has 3 heteroatoms. The van der Waals surface area contributed by atoms with E-state index in [9.17, 15) is 0 Å². The highest BCUT2D eigenvalue weighted by Crippen LogP contribution is 2.49. The topological polar surface area (TPSA) is 38.7 Å². The number of fused-ring (bicyclic) bond motifs is 3. The highest BCUT2D eigenvalue weighted by molar-refractivity contribution is 6.18. The molecule has 1 aliphatic carbocycles. The molecule has 9 aromatic rings. The van der Waals surface area contributed by atoms with E-state index < -0.39 is 0 Å². The molecule has 10 rings (SSSR count). The summed E-state index contributed by atoms with van der Waals surface area (Å²) in [6.07, 6.45) is 1.92. The van der Waals surface area contributed by atoms with Crippen molar-refractivity contribution in [1.29, 1.82) is 0 Å². The minimum absolute atomic E-state index is 0.687. The van der Waals surface area contributed by atoms with Crippen LogP contribution in [0.5, 0.6) is 0 Å². The summed E-state index contributed by atoms with van der Waals surface area (Å²) in [7, 11) is 0. The zero-order valence-corrected chi connectivity index (χ0v) is 28.2. The molecule has 0 saturated carbocycles. The van der Waals surface area contributed by atoms with E-state index in [-0.39, 0.29) is 0 Å². The van der Waals surface area contributed by atoms with Crippen molar-refractivity contribution in [1.82, 2.24) is 15.0 Å². The van der Waals surface area contributed by atoms with Gasteiger partial charge in [-0.15, -0.1) is 0 Å². The minimum Gasteiger partial charge on any atom is -0.256 e. The Balaban J connectivity index is 0.966. The van der Waals surface area contributed by atoms with E-state index >= 15 is 0 Å². The predicted molar refractivity (Wildman–Crippen MR) is 214 cm³/mol. The van der Waals surface area contributed by atoms with Gasteiger partial charge in [-0.2, -0.15) is 0 Å². The van der Waals surface area contributed by atoms with Gasteiger partial charge in [-0.1, -0.05) is 164 Å². The Morgan fingerprint density at radius 2 is 0.788 bits per heavy atom. The summed E-state index contributed by atoms with van der Waals surface area (Å²) in [6.45, 7) is 0. The molecule has 1 aliphatic rings. The molecule has 0 saturated heterocycles. The number of nitrogens with zero attached hydrogens (tertiary/aromatic N) is 3. The van der Waals surface area contributed by atoms with Crippen LogP contribution < -0.4 is 0 Å². The second-order valence-corrected chi connectivity index (χ2v) is 13.2. The van der Waals surface area contributed by atoms with E-state index in [0.717, 1.165) is 39.3 Å². The lowest BCUT2D eigenvalue weighted by Crippen LogP contribution is -1.96. The molecule has 0 atom stereocenters. The normalized spacial score (nSPS) is 11.5. The molecule has 3 nitrogen and oxygen atoms in total. The van der Waals surface area contributed by atoms with Crippen molar-refractivity contribution in [3.63, 3.8) is 0 Å². The number of hydrogen-bond donors (Lipinski definition) is 0. The van der Waals surface area contributed by atoms with Gasteiger partial charge in [-0.05, 0) is 73.5 Å². The van der Waals surface area contributed by atoms with Crippen LogP contribution in [-0.2, 0) is 0 Å². The summed E-state index contributed by atoms with van der Waals surface area (Å²) in [5.74, 6) is 0.687. The van der Waals surface area contributed by atoms with Crippen LogP contribution >= 0.6 is 0 Å². The monoisotopic (exact) mass is 661 g/mol. The molecule has 0 radical (unpaired) electrons. The molecule has 52 heavy (non-hydrogen) atoms. The first kappa shape index (κ1) is 29.9. The Hall–Kier alpha value is -6.97. The van der Waals surface area contributed by atoms with Crippen LogP contribution in [0.3, 0.4) is 0 Å². The van der Waals surface area contributed by atoms with Gasteiger partial charge in [0.15, 0.2) is 5.82 Å². The Bertz CT molecular complexity index is 2710. The van der Waals surface area contributed by atoms with Crippen LogP contribution in [0.25, 0.3) is 100 Å². The van der Waals surface area contributed by atoms with E-state index in [0.29, 0.717) is 5.82 Å². The number of hydrogen-bond acceptors (Lipinski definition) is 3. The predicted octanol–water partition coefficient (Wildman–Crippen LogP) is 12.7. The van der Waals surface area contributed by atoms with Gasteiger partial charge in [-0.25, -0.2) is 9.97 Å². The Labute approximate surface area is 302 Å². The summed E-state index contributed by atoms with van der Waals surface area (Å²) in [5, 5.41) is 2.63. The van der Waals surface area contributed by atoms with Crippen LogP contribution in [-0.4, -0.2) is 15.0 Å². The van der Waals surface area contributed by atoms with E-state index in [1.165, 1.54) is 55.3 Å². The maximum Gasteiger partial charge on any atom is 0.160 e. The zero-order valence-electron chi connectivity index (χ0n) is 28.2. The lowest BCUT2D eigenvalue weighted by atomic mass is 9.93. The van der Waals surface area contributed by atoms with Crippen molar-refractivity contribution in [2.24, 2.45) is 0 Å². The summed E-state index contributed by atoms with van der Waals surface area (Å²) in [6, 6.07) is 64.1. The quantitative estimate of drug-likeness (QED) is 0.178. The largest absolute Gasteiger partial charge is 0.256 e. The SMILES string of the molecule is c1ccc(-c2ccc(-c3cc(-c4ccc(-c5ccc(-c6ccc7c8c(cccc68)-c6ccccc6-7)cc5)nc4)nc(-c4ccccc4)n3)cc2)cc1. The van der Waals surface area contributed by atoms with Crippen LogP contribution in [0.4, 0.5) is 0 Å². The summed E-state index contributed by atoms with van der Waals surface area (Å²) < 4.78 is 0. The third-order valence-electron chi connectivity index (χ3n) is 10.1. The Kier molecular flexibility index (Phi) is 7.14. The van der Waals surface area contributed by atoms with E-state index in [1.54, 1.807) is 0 Å². The second kappa shape index (κ2) is 12.4. The fourth-order valence-corrected chi connectivity index (χ4v) is 7.52. The standard InChI is InChI=1S/C49H31N3/c1-3-10-32(11-4-1)33-18-22-36(23-19-33)46-30-47(52-49(51-46)37-12-5-2-6-13-37)38-26-29-45(50-31-38)35-24-20-34(21-25-35)39-27-28-44-41-15-8-7-14-40(41)43-17-9-16-42(39)48(43)44/h1-31H. The molecular formula is C49H31N3. The number of rotatable bonds is 6. The lowest BCUT2D eigenvalue weighted by Gasteiger charge is -2.11. The molecule has 0 N–H and O–H groups in total. The summed E-state index contributed by atoms with van der Waals surface area (Å²) >= 11 is 0. The average molecular weight is 662 g/mol. The van der Waals surface area contributed by atoms with Gasteiger partial charge >= 0.3 is 0 Å². The highest BCUT2D eigenvalue weighted by Gasteiger charge is 2.22. The Morgan fingerprint density at radius 1 is 0.288 bits per heavy atom. The first-order valence-electron chi connectivity index (χ1n) is 17.6. The molecule has 2 aromatic heterocycles. The fourth-order valence-electron chi connectivity index (χ4n) is 7.52. The average Bonchev–Trinajstić information content (AvgIpc) is 3.56. The Morgan fingerprint density at radius 3 is 1.46 bits per heavy atom. The van der Waals surface area contributed by atoms with Crippen LogP contribution in [0.1, 0.15) is 0 Å². The molecule has 0 amide bonds. The molecule has 0 spiro atoms. The van der Waals surface area contributed by atoms with Crippen LogP contribution in [0.2, 0.25) is 0 Å². The molecule has 242 valence electrons. The third kappa shape index (κ3) is 5.19. The van der Waals surface area contributed by atoms with Crippen molar-refractivity contribution in [2.75, 3.05) is 0 Å². The van der Waals surface area contributed by atoms with Gasteiger partial charge in [0.05, 0.1) is 17.1 Å². The summed E-state index contributed by atoms with van der Waals surface area (Å²) in [5.41, 5.74) is 16.7. The number of aromatic nitrogens is 3. The molecule has 7 aromatic carbocycles. The smallest absolute Gasteiger partial charge is 0.160 e. The molecule has 0 aliphatic heterocycles. The van der Waals surface area contributed by atoms with Crippen LogP contribution in [0.15, 0.2) is 188 Å². The minimum atomic E-state index is 0.687. The van der Waals surface area contributed by atoms with Gasteiger partial charge in [-0.3, -0.25) is 4.98 Å². The van der Waals surface area contributed by atoms with Crippen molar-refractivity contribution in [3.8, 4) is 89.7 Å². The van der Waals surface area contributed by atoms with E-state index in [1.807, 2.05) is 30.5 Å². The maximum absolute atomic E-state index is 5.02. The fraction of sp³-hybridized carbons (Fsp3) is 0. The van der Waals surface area contributed by atoms with Crippen molar-refractivity contribution >= 4 is 10.8 Å². The lowest BCUT2D eigenvalue weighted by molar-refractivity contribution is 1.18. The van der Waals surface area contributed by atoms with Crippen LogP contribution in [0, 0.1) is 0 Å². The van der Waals surface area contributed by atoms with Gasteiger partial charge in [0.25, 0.3) is 0 Å². The zero-order chi connectivity index (χ0) is 34.4. The number of benzene rings is 7. The van der Waals surface area contributed by atoms with E-state index in [4.69, 9.17) is 15.0 Å². The molecule has 2 heterocycles. The van der Waals surface area contributed by atoms with Gasteiger partial charge < -0.3 is 0 Å². The number of pyridine rings is 1. The second-order valence-electron chi connectivity index (χ2n) is 13.2. The molecular weight excluding hydrogens is 631 g/mol. The van der Waals surface area contributed by atoms with E-state index in [2.05, 4.69) is 158 Å². The maximum atomic E-state index is 5.02. The van der Waals surface area contributed by atoms with Crippen molar-refractivity contribution in [2.45, 2.75) is 0 Å². The van der Waals surface area contributed by atoms with Gasteiger partial charge in [0, 0.05) is 28.5 Å². The molecule has 0 bridgehead atoms. The molecule has 0 unspecified atom stereocenters. The van der Waals surface area contributed by atoms with Gasteiger partial charge in [0.2, 0.25) is 0 Å². The van der Waals surface area contributed by atoms with Gasteiger partial charge in [0.1, 0.15) is 0 Å². The van der Waals surface area contributed by atoms with Crippen molar-refractivity contribution < 1.29 is 0 Å². The first-order chi connectivity index (χ1) is 25.8. The van der Waals surface area contributed by atoms with Crippen molar-refractivity contribution in [3.05, 3.63) is 188 Å².